The number of halogens is 3. The van der Waals surface area contributed by atoms with Crippen LogP contribution in [-0.2, 0) is 27.4 Å². The minimum absolute atomic E-state index is 0.0600. The van der Waals surface area contributed by atoms with Gasteiger partial charge in [-0.2, -0.15) is 18.3 Å². The van der Waals surface area contributed by atoms with Crippen molar-refractivity contribution in [3.8, 4) is 0 Å². The van der Waals surface area contributed by atoms with Crippen LogP contribution in [0.2, 0.25) is 0 Å². The quantitative estimate of drug-likeness (QED) is 0.741. The van der Waals surface area contributed by atoms with Gasteiger partial charge in [0.2, 0.25) is 11.8 Å². The Bertz CT molecular complexity index is 733. The molecule has 0 atom stereocenters. The predicted molar refractivity (Wildman–Crippen MR) is 86.0 cm³/mol. The van der Waals surface area contributed by atoms with Crippen molar-refractivity contribution in [2.75, 3.05) is 18.5 Å². The normalized spacial score (nSPS) is 11.2. The number of nitrogens with one attached hydrogen (secondary N) is 2. The monoisotopic (exact) mass is 370 g/mol. The lowest BCUT2D eigenvalue weighted by molar-refractivity contribution is -0.175. The topological polar surface area (TPSA) is 85.3 Å². The lowest BCUT2D eigenvalue weighted by Crippen LogP contribution is -2.29. The van der Waals surface area contributed by atoms with Gasteiger partial charge in [0.15, 0.2) is 0 Å². The molecule has 2 N–H and O–H groups in total. The van der Waals surface area contributed by atoms with E-state index in [-0.39, 0.29) is 19.0 Å². The van der Waals surface area contributed by atoms with Crippen molar-refractivity contribution in [2.45, 2.75) is 19.3 Å². The van der Waals surface area contributed by atoms with Crippen LogP contribution in [0.15, 0.2) is 42.7 Å². The van der Waals surface area contributed by atoms with E-state index in [4.69, 9.17) is 0 Å². The number of benzene rings is 1. The van der Waals surface area contributed by atoms with Gasteiger partial charge in [-0.1, -0.05) is 12.1 Å². The second kappa shape index (κ2) is 8.99. The van der Waals surface area contributed by atoms with E-state index >= 15 is 0 Å². The zero-order valence-electron chi connectivity index (χ0n) is 13.6. The number of aromatic nitrogens is 2. The van der Waals surface area contributed by atoms with Crippen molar-refractivity contribution in [1.29, 1.82) is 0 Å². The van der Waals surface area contributed by atoms with Crippen molar-refractivity contribution in [3.05, 3.63) is 48.3 Å². The Morgan fingerprint density at radius 2 is 2.00 bits per heavy atom. The smallest absolute Gasteiger partial charge is 0.362 e. The first-order valence-electron chi connectivity index (χ1n) is 7.59. The zero-order valence-corrected chi connectivity index (χ0v) is 13.6. The van der Waals surface area contributed by atoms with E-state index in [0.717, 1.165) is 0 Å². The number of nitrogens with zero attached hydrogens (tertiary/aromatic N) is 2. The number of ether oxygens (including phenoxy) is 1. The highest BCUT2D eigenvalue weighted by atomic mass is 19.4. The number of anilines is 1. The Morgan fingerprint density at radius 1 is 1.19 bits per heavy atom. The summed E-state index contributed by atoms with van der Waals surface area (Å²) in [4.78, 5) is 23.4. The van der Waals surface area contributed by atoms with E-state index in [2.05, 4.69) is 20.5 Å². The lowest BCUT2D eigenvalue weighted by atomic mass is 10.2. The van der Waals surface area contributed by atoms with Gasteiger partial charge in [-0.15, -0.1) is 0 Å². The predicted octanol–water partition coefficient (Wildman–Crippen LogP) is 1.72. The average molecular weight is 370 g/mol. The largest absolute Gasteiger partial charge is 0.411 e. The molecule has 26 heavy (non-hydrogen) atoms. The number of carbonyl (C=O) groups excluding carboxylic acids is 2. The Labute approximate surface area is 147 Å². The van der Waals surface area contributed by atoms with Crippen molar-refractivity contribution in [2.24, 2.45) is 0 Å². The molecule has 0 bridgehead atoms. The van der Waals surface area contributed by atoms with E-state index in [1.54, 1.807) is 42.7 Å². The molecule has 1 aromatic heterocycles. The van der Waals surface area contributed by atoms with Crippen molar-refractivity contribution < 1.29 is 27.5 Å². The van der Waals surface area contributed by atoms with Crippen LogP contribution in [0.1, 0.15) is 5.56 Å². The third-order valence-electron chi connectivity index (χ3n) is 3.06. The van der Waals surface area contributed by atoms with Gasteiger partial charge in [-0.25, -0.2) is 0 Å². The first-order valence-corrected chi connectivity index (χ1v) is 7.59. The average Bonchev–Trinajstić information content (AvgIpc) is 3.05. The highest BCUT2D eigenvalue weighted by Gasteiger charge is 2.27. The van der Waals surface area contributed by atoms with Crippen LogP contribution in [0.4, 0.5) is 18.9 Å². The molecule has 0 saturated heterocycles. The molecule has 0 saturated carbocycles. The third kappa shape index (κ3) is 7.34. The van der Waals surface area contributed by atoms with Crippen LogP contribution < -0.4 is 10.6 Å². The molecule has 0 radical (unpaired) electrons. The molecule has 0 spiro atoms. The van der Waals surface area contributed by atoms with Gasteiger partial charge < -0.3 is 15.4 Å². The molecule has 2 aromatic rings. The van der Waals surface area contributed by atoms with Crippen LogP contribution in [0, 0.1) is 0 Å². The van der Waals surface area contributed by atoms with E-state index in [1.165, 1.54) is 4.68 Å². The summed E-state index contributed by atoms with van der Waals surface area (Å²) in [5.74, 6) is -0.933. The number of carbonyl (C=O) groups is 2. The van der Waals surface area contributed by atoms with Crippen molar-refractivity contribution >= 4 is 17.5 Å². The minimum Gasteiger partial charge on any atom is -0.362 e. The summed E-state index contributed by atoms with van der Waals surface area (Å²) in [5.41, 5.74) is 1.20. The lowest BCUT2D eigenvalue weighted by Gasteiger charge is -2.10. The summed E-state index contributed by atoms with van der Waals surface area (Å²) in [5, 5.41) is 9.07. The van der Waals surface area contributed by atoms with Gasteiger partial charge in [0, 0.05) is 24.6 Å². The SMILES string of the molecule is O=C(COCC(F)(F)F)NCc1cccc(NC(=O)Cn2cccn2)c1. The molecular weight excluding hydrogens is 353 g/mol. The van der Waals surface area contributed by atoms with E-state index in [1.807, 2.05) is 0 Å². The first kappa shape index (κ1) is 19.4. The number of hydrogen-bond donors (Lipinski definition) is 2. The van der Waals surface area contributed by atoms with Crippen LogP contribution in [0.25, 0.3) is 0 Å². The molecule has 2 rings (SSSR count). The molecule has 140 valence electrons. The Kier molecular flexibility index (Phi) is 6.73. The summed E-state index contributed by atoms with van der Waals surface area (Å²) < 4.78 is 41.5. The van der Waals surface area contributed by atoms with Gasteiger partial charge in [0.25, 0.3) is 0 Å². The molecule has 0 aliphatic carbocycles. The number of rotatable bonds is 8. The van der Waals surface area contributed by atoms with E-state index in [9.17, 15) is 22.8 Å². The second-order valence-corrected chi connectivity index (χ2v) is 5.34. The number of alkyl halides is 3. The highest BCUT2D eigenvalue weighted by Crippen LogP contribution is 2.14. The summed E-state index contributed by atoms with van der Waals surface area (Å²) in [6.07, 6.45) is -1.25. The summed E-state index contributed by atoms with van der Waals surface area (Å²) in [7, 11) is 0. The standard InChI is InChI=1S/C16H17F3N4O3/c17-16(18,19)11-26-10-15(25)20-8-12-3-1-4-13(7-12)22-14(24)9-23-6-2-5-21-23/h1-7H,8-11H2,(H,20,25)(H,22,24). The maximum atomic E-state index is 11.9. The second-order valence-electron chi connectivity index (χ2n) is 5.34. The van der Waals surface area contributed by atoms with Gasteiger partial charge in [-0.05, 0) is 23.8 Å². The van der Waals surface area contributed by atoms with Crippen LogP contribution in [-0.4, -0.2) is 41.0 Å². The van der Waals surface area contributed by atoms with Crippen LogP contribution >= 0.6 is 0 Å². The van der Waals surface area contributed by atoms with Gasteiger partial charge >= 0.3 is 6.18 Å². The molecule has 10 heteroatoms. The highest BCUT2D eigenvalue weighted by molar-refractivity contribution is 5.90. The Balaban J connectivity index is 1.77. The number of hydrogen-bond acceptors (Lipinski definition) is 4. The summed E-state index contributed by atoms with van der Waals surface area (Å²) in [6, 6.07) is 8.43. The molecule has 2 amide bonds. The van der Waals surface area contributed by atoms with Crippen molar-refractivity contribution in [1.82, 2.24) is 15.1 Å². The Morgan fingerprint density at radius 3 is 2.69 bits per heavy atom. The maximum Gasteiger partial charge on any atom is 0.411 e. The van der Waals surface area contributed by atoms with E-state index < -0.39 is 25.3 Å². The number of amides is 2. The summed E-state index contributed by atoms with van der Waals surface area (Å²) in [6.45, 7) is -2.00. The van der Waals surface area contributed by atoms with E-state index in [0.29, 0.717) is 11.3 Å². The molecule has 1 aromatic carbocycles. The molecule has 0 aliphatic heterocycles. The first-order chi connectivity index (χ1) is 12.3. The zero-order chi connectivity index (χ0) is 19.0. The molecule has 0 fully saturated rings. The van der Waals surface area contributed by atoms with Gasteiger partial charge in [0.05, 0.1) is 0 Å². The minimum atomic E-state index is -4.47. The molecule has 0 unspecified atom stereocenters. The van der Waals surface area contributed by atoms with Crippen LogP contribution in [0.3, 0.4) is 0 Å². The maximum absolute atomic E-state index is 11.9. The third-order valence-corrected chi connectivity index (χ3v) is 3.06. The van der Waals surface area contributed by atoms with Gasteiger partial charge in [-0.3, -0.25) is 14.3 Å². The van der Waals surface area contributed by atoms with Crippen LogP contribution in [0.5, 0.6) is 0 Å². The summed E-state index contributed by atoms with van der Waals surface area (Å²) >= 11 is 0. The molecule has 1 heterocycles. The molecule has 7 nitrogen and oxygen atoms in total. The Hall–Kier alpha value is -2.88. The molecular formula is C16H17F3N4O3. The van der Waals surface area contributed by atoms with Gasteiger partial charge in [0.1, 0.15) is 19.8 Å². The fourth-order valence-corrected chi connectivity index (χ4v) is 2.01. The fourth-order valence-electron chi connectivity index (χ4n) is 2.01. The van der Waals surface area contributed by atoms with Crippen molar-refractivity contribution in [3.63, 3.8) is 0 Å². The fraction of sp³-hybridized carbons (Fsp3) is 0.312. The molecule has 0 aliphatic rings.